The van der Waals surface area contributed by atoms with E-state index < -0.39 is 15.9 Å². The zero-order valence-corrected chi connectivity index (χ0v) is 12.3. The number of nitrogens with one attached hydrogen (secondary N) is 3. The highest BCUT2D eigenvalue weighted by molar-refractivity contribution is 7.89. The lowest BCUT2D eigenvalue weighted by molar-refractivity contribution is -0.124. The molecule has 0 atom stereocenters. The quantitative estimate of drug-likeness (QED) is 0.641. The highest BCUT2D eigenvalue weighted by Crippen LogP contribution is 2.15. The molecule has 9 heteroatoms. The standard InChI is InChI=1S/C12H17N3O5S/c1-13-21(18,19)10-3-2-9(20-10)12(17)15-11(16)8-4-6-14-7-5-8/h2-3,8,13-14H,4-7H2,1H3,(H,15,16,17). The van der Waals surface area contributed by atoms with Crippen molar-refractivity contribution >= 4 is 21.8 Å². The first-order chi connectivity index (χ1) is 9.94. The van der Waals surface area contributed by atoms with Gasteiger partial charge in [0.05, 0.1) is 0 Å². The number of piperidine rings is 1. The minimum Gasteiger partial charge on any atom is -0.438 e. The number of rotatable bonds is 4. The van der Waals surface area contributed by atoms with Crippen LogP contribution in [0.15, 0.2) is 21.6 Å². The SMILES string of the molecule is CNS(=O)(=O)c1ccc(C(=O)NC(=O)C2CCNCC2)o1. The van der Waals surface area contributed by atoms with E-state index in [1.165, 1.54) is 13.1 Å². The van der Waals surface area contributed by atoms with Crippen LogP contribution in [0.25, 0.3) is 0 Å². The summed E-state index contributed by atoms with van der Waals surface area (Å²) in [6, 6.07) is 2.38. The fraction of sp³-hybridized carbons (Fsp3) is 0.500. The molecule has 116 valence electrons. The first kappa shape index (κ1) is 15.7. The van der Waals surface area contributed by atoms with E-state index in [-0.39, 0.29) is 22.7 Å². The molecule has 1 fully saturated rings. The molecule has 0 saturated carbocycles. The number of sulfonamides is 1. The van der Waals surface area contributed by atoms with Crippen molar-refractivity contribution in [2.24, 2.45) is 5.92 Å². The lowest BCUT2D eigenvalue weighted by Crippen LogP contribution is -2.40. The van der Waals surface area contributed by atoms with E-state index in [2.05, 4.69) is 15.4 Å². The zero-order valence-electron chi connectivity index (χ0n) is 11.5. The number of hydrogen-bond donors (Lipinski definition) is 3. The van der Waals surface area contributed by atoms with Crippen molar-refractivity contribution in [2.45, 2.75) is 17.9 Å². The molecule has 1 aliphatic rings. The van der Waals surface area contributed by atoms with Gasteiger partial charge in [0.25, 0.3) is 15.9 Å². The monoisotopic (exact) mass is 315 g/mol. The highest BCUT2D eigenvalue weighted by Gasteiger charge is 2.25. The summed E-state index contributed by atoms with van der Waals surface area (Å²) in [7, 11) is -2.52. The molecule has 0 spiro atoms. The van der Waals surface area contributed by atoms with Crippen molar-refractivity contribution in [3.05, 3.63) is 17.9 Å². The van der Waals surface area contributed by atoms with E-state index in [9.17, 15) is 18.0 Å². The Balaban J connectivity index is 2.02. The third kappa shape index (κ3) is 3.69. The summed E-state index contributed by atoms with van der Waals surface area (Å²) in [5.41, 5.74) is 0. The minimum atomic E-state index is -3.75. The van der Waals surface area contributed by atoms with Crippen LogP contribution in [0.5, 0.6) is 0 Å². The Morgan fingerprint density at radius 3 is 2.57 bits per heavy atom. The highest BCUT2D eigenvalue weighted by atomic mass is 32.2. The molecule has 0 radical (unpaired) electrons. The molecule has 2 heterocycles. The number of furan rings is 1. The molecule has 1 aromatic rings. The molecular weight excluding hydrogens is 298 g/mol. The van der Waals surface area contributed by atoms with Crippen molar-refractivity contribution < 1.29 is 22.4 Å². The molecule has 1 aromatic heterocycles. The van der Waals surface area contributed by atoms with Crippen LogP contribution in [0, 0.1) is 5.92 Å². The van der Waals surface area contributed by atoms with E-state index in [1.807, 2.05) is 0 Å². The van der Waals surface area contributed by atoms with Gasteiger partial charge in [0, 0.05) is 5.92 Å². The first-order valence-corrected chi connectivity index (χ1v) is 8.01. The van der Waals surface area contributed by atoms with E-state index >= 15 is 0 Å². The molecule has 1 saturated heterocycles. The Hall–Kier alpha value is -1.71. The van der Waals surface area contributed by atoms with Gasteiger partial charge in [0.15, 0.2) is 5.76 Å². The maximum Gasteiger partial charge on any atom is 0.293 e. The Morgan fingerprint density at radius 1 is 1.29 bits per heavy atom. The van der Waals surface area contributed by atoms with E-state index in [1.54, 1.807) is 0 Å². The van der Waals surface area contributed by atoms with Crippen LogP contribution in [0.2, 0.25) is 0 Å². The maximum atomic E-state index is 11.9. The summed E-state index contributed by atoms with van der Waals surface area (Å²) >= 11 is 0. The van der Waals surface area contributed by atoms with Gasteiger partial charge in [-0.05, 0) is 45.1 Å². The Labute approximate surface area is 122 Å². The molecule has 8 nitrogen and oxygen atoms in total. The summed E-state index contributed by atoms with van der Waals surface area (Å²) in [4.78, 5) is 23.8. The van der Waals surface area contributed by atoms with Crippen molar-refractivity contribution in [1.82, 2.24) is 15.4 Å². The number of carbonyl (C=O) groups excluding carboxylic acids is 2. The van der Waals surface area contributed by atoms with Crippen LogP contribution in [0.3, 0.4) is 0 Å². The molecule has 0 aliphatic carbocycles. The van der Waals surface area contributed by atoms with Crippen LogP contribution in [-0.4, -0.2) is 40.4 Å². The van der Waals surface area contributed by atoms with Gasteiger partial charge < -0.3 is 9.73 Å². The maximum absolute atomic E-state index is 11.9. The van der Waals surface area contributed by atoms with Gasteiger partial charge in [-0.15, -0.1) is 0 Å². The van der Waals surface area contributed by atoms with E-state index in [0.717, 1.165) is 19.2 Å². The second kappa shape index (κ2) is 6.37. The second-order valence-corrected chi connectivity index (χ2v) is 6.49. The van der Waals surface area contributed by atoms with Gasteiger partial charge in [-0.25, -0.2) is 13.1 Å². The van der Waals surface area contributed by atoms with E-state index in [0.29, 0.717) is 12.8 Å². The minimum absolute atomic E-state index is 0.217. The van der Waals surface area contributed by atoms with Gasteiger partial charge >= 0.3 is 0 Å². The van der Waals surface area contributed by atoms with Crippen molar-refractivity contribution in [3.63, 3.8) is 0 Å². The topological polar surface area (TPSA) is 118 Å². The largest absolute Gasteiger partial charge is 0.438 e. The average molecular weight is 315 g/mol. The second-order valence-electron chi connectivity index (χ2n) is 4.67. The summed E-state index contributed by atoms with van der Waals surface area (Å²) in [5.74, 6) is -1.54. The van der Waals surface area contributed by atoms with Gasteiger partial charge in [-0.3, -0.25) is 14.9 Å². The van der Waals surface area contributed by atoms with Gasteiger partial charge in [0.1, 0.15) is 0 Å². The number of carbonyl (C=O) groups is 2. The van der Waals surface area contributed by atoms with Gasteiger partial charge in [0.2, 0.25) is 11.0 Å². The van der Waals surface area contributed by atoms with Crippen LogP contribution >= 0.6 is 0 Å². The molecule has 0 aromatic carbocycles. The average Bonchev–Trinajstić information content (AvgIpc) is 2.99. The third-order valence-electron chi connectivity index (χ3n) is 3.29. The number of hydrogen-bond acceptors (Lipinski definition) is 6. The van der Waals surface area contributed by atoms with Crippen molar-refractivity contribution in [3.8, 4) is 0 Å². The normalized spacial score (nSPS) is 16.6. The summed E-state index contributed by atoms with van der Waals surface area (Å²) in [6.45, 7) is 1.47. The Bertz CT molecular complexity index is 631. The number of imide groups is 1. The molecule has 21 heavy (non-hydrogen) atoms. The molecule has 2 amide bonds. The lowest BCUT2D eigenvalue weighted by atomic mass is 9.97. The number of amides is 2. The van der Waals surface area contributed by atoms with Crippen LogP contribution in [-0.2, 0) is 14.8 Å². The zero-order chi connectivity index (χ0) is 15.5. The molecule has 3 N–H and O–H groups in total. The summed E-state index contributed by atoms with van der Waals surface area (Å²) in [5, 5.41) is 4.99. The van der Waals surface area contributed by atoms with Crippen LogP contribution < -0.4 is 15.4 Å². The Kier molecular flexibility index (Phi) is 4.76. The molecule has 2 rings (SSSR count). The fourth-order valence-electron chi connectivity index (χ4n) is 2.05. The smallest absolute Gasteiger partial charge is 0.293 e. The molecule has 0 unspecified atom stereocenters. The molecular formula is C12H17N3O5S. The molecule has 1 aliphatic heterocycles. The van der Waals surface area contributed by atoms with Crippen LogP contribution in [0.4, 0.5) is 0 Å². The van der Waals surface area contributed by atoms with Crippen molar-refractivity contribution in [1.29, 1.82) is 0 Å². The van der Waals surface area contributed by atoms with Crippen LogP contribution in [0.1, 0.15) is 23.4 Å². The summed E-state index contributed by atoms with van der Waals surface area (Å²) in [6.07, 6.45) is 1.33. The van der Waals surface area contributed by atoms with Gasteiger partial charge in [-0.1, -0.05) is 0 Å². The lowest BCUT2D eigenvalue weighted by Gasteiger charge is -2.20. The molecule has 0 bridgehead atoms. The predicted molar refractivity (Wildman–Crippen MR) is 73.0 cm³/mol. The van der Waals surface area contributed by atoms with E-state index in [4.69, 9.17) is 4.42 Å². The third-order valence-corrected chi connectivity index (χ3v) is 4.57. The van der Waals surface area contributed by atoms with Gasteiger partial charge in [-0.2, -0.15) is 0 Å². The Morgan fingerprint density at radius 2 is 1.95 bits per heavy atom. The first-order valence-electron chi connectivity index (χ1n) is 6.53. The predicted octanol–water partition coefficient (Wildman–Crippen LogP) is -0.556. The fourth-order valence-corrected chi connectivity index (χ4v) is 2.69. The van der Waals surface area contributed by atoms with Crippen molar-refractivity contribution in [2.75, 3.05) is 20.1 Å². The summed E-state index contributed by atoms with van der Waals surface area (Å²) < 4.78 is 30.0.